The van der Waals surface area contributed by atoms with Crippen LogP contribution in [0.4, 0.5) is 5.69 Å². The molecular formula is C18H28NO6P. The van der Waals surface area contributed by atoms with Gasteiger partial charge in [-0.1, -0.05) is 26.0 Å². The molecule has 8 heteroatoms. The number of carbonyl (C=O) groups excluding carboxylic acids is 1. The molecule has 0 heterocycles. The lowest BCUT2D eigenvalue weighted by atomic mass is 9.85. The Morgan fingerprint density at radius 1 is 1.08 bits per heavy atom. The maximum Gasteiger partial charge on any atom is 0.335 e. The van der Waals surface area contributed by atoms with E-state index in [1.54, 1.807) is 52.0 Å². The van der Waals surface area contributed by atoms with Crippen molar-refractivity contribution in [3.8, 4) is 0 Å². The number of benzene rings is 1. The number of carboxylic acid groups (broad SMARTS) is 1. The topological polar surface area (TPSA) is 102 Å². The molecular weight excluding hydrogens is 357 g/mol. The predicted octanol–water partition coefficient (Wildman–Crippen LogP) is 4.28. The number of rotatable bonds is 11. The highest BCUT2D eigenvalue weighted by Crippen LogP contribution is 2.51. The van der Waals surface area contributed by atoms with Crippen LogP contribution < -0.4 is 5.32 Å². The molecule has 0 atom stereocenters. The number of aliphatic carboxylic acids is 1. The van der Waals surface area contributed by atoms with Crippen molar-refractivity contribution in [3.63, 3.8) is 0 Å². The van der Waals surface area contributed by atoms with Gasteiger partial charge in [-0.15, -0.1) is 0 Å². The Balaban J connectivity index is 2.68. The van der Waals surface area contributed by atoms with Crippen LogP contribution in [-0.4, -0.2) is 30.2 Å². The van der Waals surface area contributed by atoms with Crippen LogP contribution in [0.15, 0.2) is 24.3 Å². The fraction of sp³-hybridized carbons (Fsp3) is 0.556. The van der Waals surface area contributed by atoms with Gasteiger partial charge >= 0.3 is 13.6 Å². The van der Waals surface area contributed by atoms with Crippen LogP contribution in [0.2, 0.25) is 0 Å². The minimum absolute atomic E-state index is 0.0799. The summed E-state index contributed by atoms with van der Waals surface area (Å²) in [7, 11) is -3.17. The Morgan fingerprint density at radius 2 is 1.62 bits per heavy atom. The lowest BCUT2D eigenvalue weighted by Crippen LogP contribution is -2.24. The zero-order valence-electron chi connectivity index (χ0n) is 15.8. The third-order valence-electron chi connectivity index (χ3n) is 3.53. The molecule has 0 unspecified atom stereocenters. The summed E-state index contributed by atoms with van der Waals surface area (Å²) < 4.78 is 23.1. The number of nitrogens with one attached hydrogen (secondary N) is 1. The fourth-order valence-electron chi connectivity index (χ4n) is 2.55. The Hall–Kier alpha value is -1.69. The van der Waals surface area contributed by atoms with Crippen molar-refractivity contribution in [2.45, 2.75) is 46.7 Å². The van der Waals surface area contributed by atoms with Gasteiger partial charge in [-0.3, -0.25) is 14.2 Å². The van der Waals surface area contributed by atoms with Crippen molar-refractivity contribution in [2.75, 3.05) is 18.5 Å². The second-order valence-electron chi connectivity index (χ2n) is 6.76. The van der Waals surface area contributed by atoms with E-state index in [0.29, 0.717) is 18.9 Å². The molecule has 2 N–H and O–H groups in total. The normalized spacial score (nSPS) is 12.0. The fourth-order valence-corrected chi connectivity index (χ4v) is 4.25. The lowest BCUT2D eigenvalue weighted by Gasteiger charge is -2.21. The van der Waals surface area contributed by atoms with E-state index in [2.05, 4.69) is 5.32 Å². The molecule has 0 saturated carbocycles. The van der Waals surface area contributed by atoms with Crippen LogP contribution in [0, 0.1) is 5.41 Å². The van der Waals surface area contributed by atoms with Gasteiger partial charge in [0, 0.05) is 12.1 Å². The molecule has 0 fully saturated rings. The van der Waals surface area contributed by atoms with E-state index in [-0.39, 0.29) is 24.9 Å². The molecule has 0 aromatic heterocycles. The van der Waals surface area contributed by atoms with Crippen molar-refractivity contribution in [1.29, 1.82) is 0 Å². The summed E-state index contributed by atoms with van der Waals surface area (Å²) in [5.41, 5.74) is 0.740. The Morgan fingerprint density at radius 3 is 2.08 bits per heavy atom. The van der Waals surface area contributed by atoms with Gasteiger partial charge in [0.05, 0.1) is 25.8 Å². The first-order valence-electron chi connectivity index (χ1n) is 8.58. The summed E-state index contributed by atoms with van der Waals surface area (Å²) in [6.45, 7) is 7.60. The molecule has 1 aromatic rings. The smallest absolute Gasteiger partial charge is 0.335 e. The quantitative estimate of drug-likeness (QED) is 0.551. The van der Waals surface area contributed by atoms with Crippen LogP contribution >= 0.6 is 7.60 Å². The van der Waals surface area contributed by atoms with Crippen molar-refractivity contribution < 1.29 is 28.3 Å². The van der Waals surface area contributed by atoms with Gasteiger partial charge in [0.15, 0.2) is 0 Å². The molecule has 0 spiro atoms. The molecule has 1 aromatic carbocycles. The van der Waals surface area contributed by atoms with E-state index >= 15 is 0 Å². The Kier molecular flexibility index (Phi) is 8.47. The minimum Gasteiger partial charge on any atom is -0.481 e. The zero-order valence-corrected chi connectivity index (χ0v) is 16.7. The summed E-state index contributed by atoms with van der Waals surface area (Å²) >= 11 is 0. The van der Waals surface area contributed by atoms with Gasteiger partial charge in [-0.25, -0.2) is 0 Å². The summed E-state index contributed by atoms with van der Waals surface area (Å²) in [4.78, 5) is 22.9. The molecule has 0 aliphatic rings. The summed E-state index contributed by atoms with van der Waals surface area (Å²) in [5.74, 6) is -1.18. The molecule has 146 valence electrons. The largest absolute Gasteiger partial charge is 0.481 e. The zero-order chi connectivity index (χ0) is 19.8. The maximum absolute atomic E-state index is 12.5. The standard InChI is InChI=1S/C18H28NO6P/c1-5-24-26(23,25-6-2)13-14-7-9-15(10-8-14)19-16(20)11-18(3,4)12-17(21)22/h7-10H,5-6,11-13H2,1-4H3,(H,19,20)(H,21,22). The first-order chi connectivity index (χ1) is 12.1. The van der Waals surface area contributed by atoms with Crippen molar-refractivity contribution >= 4 is 25.2 Å². The van der Waals surface area contributed by atoms with E-state index in [1.165, 1.54) is 0 Å². The Labute approximate surface area is 154 Å². The molecule has 1 amide bonds. The highest BCUT2D eigenvalue weighted by Gasteiger charge is 2.26. The van der Waals surface area contributed by atoms with Gasteiger partial charge in [0.2, 0.25) is 5.91 Å². The summed E-state index contributed by atoms with van der Waals surface area (Å²) in [6.07, 6.45) is 0.184. The first kappa shape index (κ1) is 22.4. The van der Waals surface area contributed by atoms with E-state index in [0.717, 1.165) is 5.56 Å². The highest BCUT2D eigenvalue weighted by atomic mass is 31.2. The SMILES string of the molecule is CCOP(=O)(Cc1ccc(NC(=O)CC(C)(C)CC(=O)O)cc1)OCC. The van der Waals surface area contributed by atoms with Crippen molar-refractivity contribution in [3.05, 3.63) is 29.8 Å². The van der Waals surface area contributed by atoms with Crippen molar-refractivity contribution in [1.82, 2.24) is 0 Å². The number of hydrogen-bond donors (Lipinski definition) is 2. The second-order valence-corrected chi connectivity index (χ2v) is 8.82. The number of carboxylic acids is 1. The molecule has 0 aliphatic heterocycles. The number of hydrogen-bond acceptors (Lipinski definition) is 5. The van der Waals surface area contributed by atoms with Crippen LogP contribution in [-0.2, 0) is 29.4 Å². The molecule has 0 saturated heterocycles. The van der Waals surface area contributed by atoms with Gasteiger partial charge < -0.3 is 19.5 Å². The highest BCUT2D eigenvalue weighted by molar-refractivity contribution is 7.53. The van der Waals surface area contributed by atoms with Gasteiger partial charge in [0.1, 0.15) is 0 Å². The summed E-state index contributed by atoms with van der Waals surface area (Å²) in [6, 6.07) is 6.92. The first-order valence-corrected chi connectivity index (χ1v) is 10.3. The second kappa shape index (κ2) is 9.86. The molecule has 1 rings (SSSR count). The molecule has 0 radical (unpaired) electrons. The lowest BCUT2D eigenvalue weighted by molar-refractivity contribution is -0.139. The summed E-state index contributed by atoms with van der Waals surface area (Å²) in [5, 5.41) is 11.6. The van der Waals surface area contributed by atoms with E-state index < -0.39 is 19.0 Å². The molecule has 0 aliphatic carbocycles. The number of carbonyl (C=O) groups is 2. The number of amides is 1. The van der Waals surface area contributed by atoms with Crippen LogP contribution in [0.5, 0.6) is 0 Å². The average molecular weight is 385 g/mol. The van der Waals surface area contributed by atoms with Crippen LogP contribution in [0.25, 0.3) is 0 Å². The molecule has 26 heavy (non-hydrogen) atoms. The molecule has 7 nitrogen and oxygen atoms in total. The van der Waals surface area contributed by atoms with Crippen LogP contribution in [0.1, 0.15) is 46.1 Å². The molecule has 0 bridgehead atoms. The van der Waals surface area contributed by atoms with E-state index in [1.807, 2.05) is 0 Å². The monoisotopic (exact) mass is 385 g/mol. The third-order valence-corrected chi connectivity index (χ3v) is 5.59. The van der Waals surface area contributed by atoms with Gasteiger partial charge in [-0.2, -0.15) is 0 Å². The Bertz CT molecular complexity index is 646. The maximum atomic E-state index is 12.5. The van der Waals surface area contributed by atoms with Crippen molar-refractivity contribution in [2.24, 2.45) is 5.41 Å². The number of anilines is 1. The predicted molar refractivity (Wildman–Crippen MR) is 100 cm³/mol. The average Bonchev–Trinajstić information content (AvgIpc) is 2.47. The van der Waals surface area contributed by atoms with Crippen LogP contribution in [0.3, 0.4) is 0 Å². The van der Waals surface area contributed by atoms with E-state index in [4.69, 9.17) is 14.2 Å². The third kappa shape index (κ3) is 8.13. The van der Waals surface area contributed by atoms with Gasteiger partial charge in [0.25, 0.3) is 0 Å². The van der Waals surface area contributed by atoms with Gasteiger partial charge in [-0.05, 0) is 37.0 Å². The van der Waals surface area contributed by atoms with E-state index in [9.17, 15) is 14.2 Å². The minimum atomic E-state index is -3.17.